The van der Waals surface area contributed by atoms with Crippen LogP contribution in [0.3, 0.4) is 0 Å². The van der Waals surface area contributed by atoms with Crippen LogP contribution < -0.4 is 0 Å². The summed E-state index contributed by atoms with van der Waals surface area (Å²) in [6.45, 7) is 3.70. The van der Waals surface area contributed by atoms with E-state index in [0.717, 1.165) is 0 Å². The minimum absolute atomic E-state index is 0.271. The van der Waals surface area contributed by atoms with E-state index in [9.17, 15) is 13.2 Å². The van der Waals surface area contributed by atoms with Crippen molar-refractivity contribution in [3.63, 3.8) is 0 Å². The molecule has 1 fully saturated rings. The summed E-state index contributed by atoms with van der Waals surface area (Å²) in [4.78, 5) is 11.1. The van der Waals surface area contributed by atoms with Crippen LogP contribution in [0.2, 0.25) is 0 Å². The number of piperidine rings is 1. The normalized spacial score (nSPS) is 24.7. The van der Waals surface area contributed by atoms with Gasteiger partial charge in [-0.1, -0.05) is 5.16 Å². The number of carbonyl (C=O) groups is 1. The molecule has 0 saturated carbocycles. The van der Waals surface area contributed by atoms with Crippen molar-refractivity contribution in [2.24, 2.45) is 5.92 Å². The number of hydrogen-bond donors (Lipinski definition) is 1. The van der Waals surface area contributed by atoms with Crippen molar-refractivity contribution in [2.45, 2.75) is 38.5 Å². The van der Waals surface area contributed by atoms with Gasteiger partial charge in [-0.05, 0) is 26.7 Å². The fourth-order valence-corrected chi connectivity index (χ4v) is 4.30. The second kappa shape index (κ2) is 5.53. The maximum atomic E-state index is 12.4. The SMILES string of the molecule is Cc1cc(CS(=O)(=O)N2CCC[C@@H](C(=O)O)[C@H]2C)on1. The highest BCUT2D eigenvalue weighted by atomic mass is 32.2. The Morgan fingerprint density at radius 2 is 2.30 bits per heavy atom. The molecule has 1 aromatic rings. The molecule has 2 atom stereocenters. The second-order valence-corrected chi connectivity index (χ2v) is 7.05. The van der Waals surface area contributed by atoms with Crippen LogP contribution in [0.1, 0.15) is 31.2 Å². The molecule has 2 heterocycles. The predicted molar refractivity (Wildman–Crippen MR) is 70.4 cm³/mol. The first-order chi connectivity index (χ1) is 9.31. The number of carboxylic acid groups (broad SMARTS) is 1. The Balaban J connectivity index is 2.18. The Morgan fingerprint density at radius 1 is 1.60 bits per heavy atom. The first-order valence-corrected chi connectivity index (χ1v) is 8.06. The standard InChI is InChI=1S/C12H18N2O5S/c1-8-6-10(19-13-8)7-20(17,18)14-5-3-4-11(9(14)2)12(15)16/h6,9,11H,3-5,7H2,1-2H3,(H,15,16)/t9-,11-/m1/s1. The Hall–Kier alpha value is -1.41. The number of sulfonamides is 1. The monoisotopic (exact) mass is 302 g/mol. The molecule has 1 aliphatic heterocycles. The van der Waals surface area contributed by atoms with Gasteiger partial charge in [-0.3, -0.25) is 4.79 Å². The topological polar surface area (TPSA) is 101 Å². The fourth-order valence-electron chi connectivity index (χ4n) is 2.58. The zero-order chi connectivity index (χ0) is 14.9. The number of aromatic nitrogens is 1. The van der Waals surface area contributed by atoms with Crippen molar-refractivity contribution in [1.29, 1.82) is 0 Å². The van der Waals surface area contributed by atoms with E-state index in [4.69, 9.17) is 9.63 Å². The summed E-state index contributed by atoms with van der Waals surface area (Å²) in [7, 11) is -3.60. The van der Waals surface area contributed by atoms with Gasteiger partial charge in [0.1, 0.15) is 5.75 Å². The van der Waals surface area contributed by atoms with Crippen LogP contribution in [0, 0.1) is 12.8 Å². The van der Waals surface area contributed by atoms with Gasteiger partial charge in [0, 0.05) is 18.7 Å². The van der Waals surface area contributed by atoms with Crippen molar-refractivity contribution >= 4 is 16.0 Å². The number of nitrogens with zero attached hydrogens (tertiary/aromatic N) is 2. The smallest absolute Gasteiger partial charge is 0.308 e. The minimum Gasteiger partial charge on any atom is -0.481 e. The molecule has 112 valence electrons. The van der Waals surface area contributed by atoms with Gasteiger partial charge in [0.2, 0.25) is 10.0 Å². The van der Waals surface area contributed by atoms with Crippen LogP contribution >= 0.6 is 0 Å². The van der Waals surface area contributed by atoms with Crippen molar-refractivity contribution in [3.05, 3.63) is 17.5 Å². The minimum atomic E-state index is -3.60. The van der Waals surface area contributed by atoms with E-state index in [0.29, 0.717) is 25.1 Å². The number of rotatable bonds is 4. The van der Waals surface area contributed by atoms with E-state index >= 15 is 0 Å². The molecule has 0 aliphatic carbocycles. The van der Waals surface area contributed by atoms with Gasteiger partial charge < -0.3 is 9.63 Å². The molecule has 7 nitrogen and oxygen atoms in total. The van der Waals surface area contributed by atoms with Crippen LogP contribution in [-0.4, -0.2) is 41.5 Å². The molecule has 8 heteroatoms. The van der Waals surface area contributed by atoms with Gasteiger partial charge in [0.15, 0.2) is 5.76 Å². The number of aryl methyl sites for hydroxylation is 1. The molecule has 0 bridgehead atoms. The summed E-state index contributed by atoms with van der Waals surface area (Å²) in [5.74, 6) is -1.63. The summed E-state index contributed by atoms with van der Waals surface area (Å²) in [5, 5.41) is 12.8. The van der Waals surface area contributed by atoms with Crippen LogP contribution in [0.25, 0.3) is 0 Å². The molecular weight excluding hydrogens is 284 g/mol. The average Bonchev–Trinajstić information content (AvgIpc) is 2.73. The lowest BCUT2D eigenvalue weighted by Crippen LogP contribution is -2.49. The van der Waals surface area contributed by atoms with Gasteiger partial charge in [-0.15, -0.1) is 0 Å². The Labute approximate surface area is 117 Å². The van der Waals surface area contributed by atoms with E-state index in [-0.39, 0.29) is 11.5 Å². The van der Waals surface area contributed by atoms with E-state index in [1.807, 2.05) is 0 Å². The van der Waals surface area contributed by atoms with E-state index in [1.165, 1.54) is 4.31 Å². The Morgan fingerprint density at radius 3 is 2.85 bits per heavy atom. The Kier molecular flexibility index (Phi) is 4.14. The molecule has 1 saturated heterocycles. The van der Waals surface area contributed by atoms with Crippen molar-refractivity contribution in [1.82, 2.24) is 9.46 Å². The molecule has 1 N–H and O–H groups in total. The quantitative estimate of drug-likeness (QED) is 0.890. The van der Waals surface area contributed by atoms with E-state index in [2.05, 4.69) is 5.16 Å². The van der Waals surface area contributed by atoms with Gasteiger partial charge in [-0.2, -0.15) is 4.31 Å². The maximum Gasteiger partial charge on any atom is 0.308 e. The van der Waals surface area contributed by atoms with Crippen LogP contribution in [0.4, 0.5) is 0 Å². The van der Waals surface area contributed by atoms with Crippen LogP contribution in [-0.2, 0) is 20.6 Å². The molecule has 0 aromatic carbocycles. The second-order valence-electron chi connectivity index (χ2n) is 5.13. The molecule has 20 heavy (non-hydrogen) atoms. The molecule has 1 aliphatic rings. The zero-order valence-corrected chi connectivity index (χ0v) is 12.3. The lowest BCUT2D eigenvalue weighted by Gasteiger charge is -2.36. The Bertz CT molecular complexity index is 595. The third-order valence-electron chi connectivity index (χ3n) is 3.61. The molecule has 0 radical (unpaired) electrons. The van der Waals surface area contributed by atoms with Gasteiger partial charge in [-0.25, -0.2) is 8.42 Å². The van der Waals surface area contributed by atoms with Gasteiger partial charge in [0.05, 0.1) is 11.6 Å². The van der Waals surface area contributed by atoms with Crippen LogP contribution in [0.15, 0.2) is 10.6 Å². The molecule has 0 spiro atoms. The third kappa shape index (κ3) is 3.01. The van der Waals surface area contributed by atoms with Crippen molar-refractivity contribution < 1.29 is 22.8 Å². The fraction of sp³-hybridized carbons (Fsp3) is 0.667. The molecule has 0 amide bonds. The number of hydrogen-bond acceptors (Lipinski definition) is 5. The highest BCUT2D eigenvalue weighted by Crippen LogP contribution is 2.27. The third-order valence-corrected chi connectivity index (χ3v) is 5.49. The summed E-state index contributed by atoms with van der Waals surface area (Å²) >= 11 is 0. The zero-order valence-electron chi connectivity index (χ0n) is 11.4. The first-order valence-electron chi connectivity index (χ1n) is 6.46. The molecule has 0 unspecified atom stereocenters. The highest BCUT2D eigenvalue weighted by molar-refractivity contribution is 7.88. The molecule has 1 aromatic heterocycles. The summed E-state index contributed by atoms with van der Waals surface area (Å²) < 4.78 is 31.0. The van der Waals surface area contributed by atoms with Gasteiger partial charge >= 0.3 is 5.97 Å². The molecule has 2 rings (SSSR count). The van der Waals surface area contributed by atoms with Crippen molar-refractivity contribution in [2.75, 3.05) is 6.54 Å². The lowest BCUT2D eigenvalue weighted by atomic mass is 9.92. The predicted octanol–water partition coefficient (Wildman–Crippen LogP) is 0.998. The maximum absolute atomic E-state index is 12.4. The van der Waals surface area contributed by atoms with E-state index < -0.39 is 28.0 Å². The highest BCUT2D eigenvalue weighted by Gasteiger charge is 2.39. The summed E-state index contributed by atoms with van der Waals surface area (Å²) in [6, 6.07) is 1.02. The van der Waals surface area contributed by atoms with E-state index in [1.54, 1.807) is 19.9 Å². The average molecular weight is 302 g/mol. The first kappa shape index (κ1) is 15.0. The van der Waals surface area contributed by atoms with Crippen LogP contribution in [0.5, 0.6) is 0 Å². The largest absolute Gasteiger partial charge is 0.481 e. The summed E-state index contributed by atoms with van der Waals surface area (Å²) in [5.41, 5.74) is 0.616. The van der Waals surface area contributed by atoms with Gasteiger partial charge in [0.25, 0.3) is 0 Å². The van der Waals surface area contributed by atoms with Crippen molar-refractivity contribution in [3.8, 4) is 0 Å². The number of aliphatic carboxylic acids is 1. The summed E-state index contributed by atoms with van der Waals surface area (Å²) in [6.07, 6.45) is 1.06. The number of carboxylic acids is 1. The molecular formula is C12H18N2O5S. The lowest BCUT2D eigenvalue weighted by molar-refractivity contribution is -0.144.